The van der Waals surface area contributed by atoms with Crippen LogP contribution in [-0.2, 0) is 11.3 Å². The van der Waals surface area contributed by atoms with Gasteiger partial charge in [-0.2, -0.15) is 0 Å². The van der Waals surface area contributed by atoms with E-state index in [-0.39, 0.29) is 0 Å². The highest BCUT2D eigenvalue weighted by Crippen LogP contribution is 2.19. The van der Waals surface area contributed by atoms with Crippen molar-refractivity contribution in [3.05, 3.63) is 11.9 Å². The Morgan fingerprint density at radius 1 is 1.29 bits per heavy atom. The van der Waals surface area contributed by atoms with Gasteiger partial charge in [-0.05, 0) is 34.9 Å². The van der Waals surface area contributed by atoms with Gasteiger partial charge in [0, 0.05) is 38.9 Å². The van der Waals surface area contributed by atoms with Gasteiger partial charge in [-0.1, -0.05) is 0 Å². The molecule has 0 bridgehead atoms. The molecule has 0 radical (unpaired) electrons. The molecule has 0 fully saturated rings. The Bertz CT molecular complexity index is 400. The first-order valence-corrected chi connectivity index (χ1v) is 7.53. The van der Waals surface area contributed by atoms with E-state index in [2.05, 4.69) is 60.0 Å². The van der Waals surface area contributed by atoms with Crippen LogP contribution in [0.15, 0.2) is 6.07 Å². The molecular formula is C15H29N5O. The third-order valence-electron chi connectivity index (χ3n) is 3.19. The number of nitrogens with one attached hydrogen (secondary N) is 1. The Morgan fingerprint density at radius 3 is 2.52 bits per heavy atom. The molecule has 0 aliphatic rings. The topological polar surface area (TPSA) is 53.5 Å². The summed E-state index contributed by atoms with van der Waals surface area (Å²) in [6, 6.07) is 2.39. The van der Waals surface area contributed by atoms with Gasteiger partial charge in [0.1, 0.15) is 18.2 Å². The minimum atomic E-state index is 0.379. The molecule has 0 aliphatic heterocycles. The van der Waals surface area contributed by atoms with Crippen molar-refractivity contribution in [3.63, 3.8) is 0 Å². The van der Waals surface area contributed by atoms with E-state index in [1.165, 1.54) is 0 Å². The van der Waals surface area contributed by atoms with E-state index in [9.17, 15) is 0 Å². The first kappa shape index (κ1) is 17.7. The zero-order chi connectivity index (χ0) is 15.8. The number of hydrogen-bond acceptors (Lipinski definition) is 6. The van der Waals surface area contributed by atoms with Crippen molar-refractivity contribution < 1.29 is 4.74 Å². The molecule has 1 atom stereocenters. The van der Waals surface area contributed by atoms with Crippen molar-refractivity contribution in [2.75, 3.05) is 51.1 Å². The molecule has 1 N–H and O–H groups in total. The number of nitrogens with zero attached hydrogens (tertiary/aromatic N) is 4. The molecule has 0 spiro atoms. The zero-order valence-electron chi connectivity index (χ0n) is 14.2. The van der Waals surface area contributed by atoms with Gasteiger partial charge in [0.05, 0.1) is 0 Å². The summed E-state index contributed by atoms with van der Waals surface area (Å²) in [5, 5.41) is 3.26. The van der Waals surface area contributed by atoms with Gasteiger partial charge in [0.25, 0.3) is 0 Å². The van der Waals surface area contributed by atoms with E-state index in [1.54, 1.807) is 7.11 Å². The van der Waals surface area contributed by atoms with Crippen molar-refractivity contribution in [1.82, 2.24) is 14.9 Å². The molecule has 0 amide bonds. The lowest BCUT2D eigenvalue weighted by Gasteiger charge is -2.31. The molecule has 1 heterocycles. The van der Waals surface area contributed by atoms with Crippen molar-refractivity contribution in [1.29, 1.82) is 0 Å². The molecule has 1 unspecified atom stereocenters. The molecule has 6 nitrogen and oxygen atoms in total. The third kappa shape index (κ3) is 5.47. The van der Waals surface area contributed by atoms with E-state index >= 15 is 0 Å². The monoisotopic (exact) mass is 295 g/mol. The maximum Gasteiger partial charge on any atom is 0.158 e. The van der Waals surface area contributed by atoms with E-state index in [1.807, 2.05) is 6.07 Å². The van der Waals surface area contributed by atoms with E-state index in [0.717, 1.165) is 31.3 Å². The maximum atomic E-state index is 5.17. The number of methoxy groups -OCH3 is 1. The average Bonchev–Trinajstić information content (AvgIpc) is 2.39. The molecular weight excluding hydrogens is 266 g/mol. The summed E-state index contributed by atoms with van der Waals surface area (Å²) in [7, 11) is 5.84. The summed E-state index contributed by atoms with van der Waals surface area (Å²) in [5.41, 5.74) is 0. The molecule has 120 valence electrons. The summed E-state index contributed by atoms with van der Waals surface area (Å²) in [6.07, 6.45) is 0. The molecule has 1 rings (SSSR count). The Balaban J connectivity index is 3.05. The minimum absolute atomic E-state index is 0.379. The van der Waals surface area contributed by atoms with Gasteiger partial charge in [-0.3, -0.25) is 0 Å². The quantitative estimate of drug-likeness (QED) is 0.750. The van der Waals surface area contributed by atoms with Crippen LogP contribution in [0.1, 0.15) is 26.6 Å². The Hall–Kier alpha value is -1.40. The lowest BCUT2D eigenvalue weighted by molar-refractivity contribution is 0.178. The third-order valence-corrected chi connectivity index (χ3v) is 3.19. The molecule has 21 heavy (non-hydrogen) atoms. The fourth-order valence-corrected chi connectivity index (χ4v) is 2.42. The number of rotatable bonds is 9. The standard InChI is InChI=1S/C15H29N5O/c1-7-16-13-9-15(18-14(17-13)11-21-6)20(8-2)12(3)10-19(4)5/h9,12H,7-8,10-11H2,1-6H3,(H,16,17,18). The Labute approximate surface area is 128 Å². The highest BCUT2D eigenvalue weighted by atomic mass is 16.5. The fourth-order valence-electron chi connectivity index (χ4n) is 2.42. The van der Waals surface area contributed by atoms with Crippen molar-refractivity contribution in [2.45, 2.75) is 33.4 Å². The lowest BCUT2D eigenvalue weighted by Crippen LogP contribution is -2.40. The summed E-state index contributed by atoms with van der Waals surface area (Å²) in [5.74, 6) is 2.51. The summed E-state index contributed by atoms with van der Waals surface area (Å²) in [6.45, 7) is 9.57. The smallest absolute Gasteiger partial charge is 0.158 e. The number of ether oxygens (including phenoxy) is 1. The fraction of sp³-hybridized carbons (Fsp3) is 0.733. The van der Waals surface area contributed by atoms with Gasteiger partial charge in [-0.25, -0.2) is 9.97 Å². The van der Waals surface area contributed by atoms with Crippen LogP contribution in [0.5, 0.6) is 0 Å². The normalized spacial score (nSPS) is 12.5. The van der Waals surface area contributed by atoms with Crippen LogP contribution in [0, 0.1) is 0 Å². The molecule has 1 aromatic rings. The van der Waals surface area contributed by atoms with Crippen LogP contribution >= 0.6 is 0 Å². The van der Waals surface area contributed by atoms with Gasteiger partial charge >= 0.3 is 0 Å². The molecule has 6 heteroatoms. The Kier molecular flexibility index (Phi) is 7.39. The van der Waals surface area contributed by atoms with E-state index in [0.29, 0.717) is 18.5 Å². The summed E-state index contributed by atoms with van der Waals surface area (Å²) >= 11 is 0. The van der Waals surface area contributed by atoms with Crippen LogP contribution in [0.4, 0.5) is 11.6 Å². The largest absolute Gasteiger partial charge is 0.377 e. The SMILES string of the molecule is CCNc1cc(N(CC)C(C)CN(C)C)nc(COC)n1. The molecule has 0 aliphatic carbocycles. The number of likely N-dealkylation sites (N-methyl/N-ethyl adjacent to an activating group) is 2. The van der Waals surface area contributed by atoms with Crippen molar-refractivity contribution in [3.8, 4) is 0 Å². The molecule has 0 aromatic carbocycles. The highest BCUT2D eigenvalue weighted by molar-refractivity contribution is 5.50. The first-order valence-electron chi connectivity index (χ1n) is 7.53. The number of hydrogen-bond donors (Lipinski definition) is 1. The van der Waals surface area contributed by atoms with Gasteiger partial charge < -0.3 is 19.9 Å². The first-order chi connectivity index (χ1) is 10.0. The maximum absolute atomic E-state index is 5.17. The predicted octanol–water partition coefficient (Wildman–Crippen LogP) is 1.83. The van der Waals surface area contributed by atoms with Crippen LogP contribution < -0.4 is 10.2 Å². The van der Waals surface area contributed by atoms with Crippen LogP contribution in [0.3, 0.4) is 0 Å². The second-order valence-electron chi connectivity index (χ2n) is 5.39. The minimum Gasteiger partial charge on any atom is -0.377 e. The van der Waals surface area contributed by atoms with Crippen molar-refractivity contribution in [2.24, 2.45) is 0 Å². The lowest BCUT2D eigenvalue weighted by atomic mass is 10.2. The average molecular weight is 295 g/mol. The molecule has 0 saturated carbocycles. The van der Waals surface area contributed by atoms with E-state index < -0.39 is 0 Å². The highest BCUT2D eigenvalue weighted by Gasteiger charge is 2.17. The second-order valence-corrected chi connectivity index (χ2v) is 5.39. The number of anilines is 2. The second kappa shape index (κ2) is 8.79. The van der Waals surface area contributed by atoms with E-state index in [4.69, 9.17) is 4.74 Å². The molecule has 1 aromatic heterocycles. The van der Waals surface area contributed by atoms with Crippen molar-refractivity contribution >= 4 is 11.6 Å². The van der Waals surface area contributed by atoms with Gasteiger partial charge in [0.15, 0.2) is 5.82 Å². The Morgan fingerprint density at radius 2 is 2.00 bits per heavy atom. The summed E-state index contributed by atoms with van der Waals surface area (Å²) in [4.78, 5) is 13.6. The van der Waals surface area contributed by atoms with Gasteiger partial charge in [0.2, 0.25) is 0 Å². The molecule has 0 saturated heterocycles. The van der Waals surface area contributed by atoms with Crippen LogP contribution in [0.25, 0.3) is 0 Å². The zero-order valence-corrected chi connectivity index (χ0v) is 14.2. The van der Waals surface area contributed by atoms with Crippen LogP contribution in [0.2, 0.25) is 0 Å². The predicted molar refractivity (Wildman–Crippen MR) is 87.9 cm³/mol. The number of aromatic nitrogens is 2. The summed E-state index contributed by atoms with van der Waals surface area (Å²) < 4.78 is 5.17. The van der Waals surface area contributed by atoms with Gasteiger partial charge in [-0.15, -0.1) is 0 Å². The van der Waals surface area contributed by atoms with Crippen LogP contribution in [-0.4, -0.2) is 61.7 Å².